The van der Waals surface area contributed by atoms with Crippen molar-refractivity contribution in [3.05, 3.63) is 11.8 Å². The highest BCUT2D eigenvalue weighted by molar-refractivity contribution is 5.96. The first-order valence-corrected chi connectivity index (χ1v) is 8.39. The van der Waals surface area contributed by atoms with E-state index in [2.05, 4.69) is 29.4 Å². The van der Waals surface area contributed by atoms with Crippen molar-refractivity contribution >= 4 is 17.6 Å². The summed E-state index contributed by atoms with van der Waals surface area (Å²) in [6.07, 6.45) is 2.45. The number of nitrogens with one attached hydrogen (secondary N) is 2. The molecule has 0 aliphatic carbocycles. The Kier molecular flexibility index (Phi) is 5.12. The number of hydrogen-bond acceptors (Lipinski definition) is 3. The van der Waals surface area contributed by atoms with Crippen molar-refractivity contribution in [3.8, 4) is 0 Å². The fourth-order valence-electron chi connectivity index (χ4n) is 3.00. The van der Waals surface area contributed by atoms with Crippen LogP contribution in [0.4, 0.5) is 5.82 Å². The molecule has 0 aromatic carbocycles. The van der Waals surface area contributed by atoms with Gasteiger partial charge in [0.05, 0.1) is 5.92 Å². The van der Waals surface area contributed by atoms with Crippen LogP contribution in [0.2, 0.25) is 0 Å². The summed E-state index contributed by atoms with van der Waals surface area (Å²) in [6, 6.07) is 1.89. The number of nitrogens with zero attached hydrogens (tertiary/aromatic N) is 2. The minimum atomic E-state index is -0.310. The molecule has 1 aliphatic rings. The third kappa shape index (κ3) is 4.12. The summed E-state index contributed by atoms with van der Waals surface area (Å²) in [5.74, 6) is 0.523. The lowest BCUT2D eigenvalue weighted by Crippen LogP contribution is -2.42. The third-order valence-corrected chi connectivity index (χ3v) is 4.41. The molecule has 2 heterocycles. The van der Waals surface area contributed by atoms with E-state index in [0.717, 1.165) is 18.5 Å². The van der Waals surface area contributed by atoms with Crippen molar-refractivity contribution in [1.29, 1.82) is 0 Å². The van der Waals surface area contributed by atoms with E-state index in [1.807, 2.05) is 26.8 Å². The molecule has 0 saturated carbocycles. The van der Waals surface area contributed by atoms with Crippen LogP contribution in [0.5, 0.6) is 0 Å². The Labute approximate surface area is 138 Å². The zero-order chi connectivity index (χ0) is 17.2. The molecule has 0 radical (unpaired) electrons. The van der Waals surface area contributed by atoms with E-state index in [-0.39, 0.29) is 29.7 Å². The van der Waals surface area contributed by atoms with E-state index >= 15 is 0 Å². The van der Waals surface area contributed by atoms with E-state index in [4.69, 9.17) is 0 Å². The van der Waals surface area contributed by atoms with Gasteiger partial charge in [0.25, 0.3) is 0 Å². The molecule has 2 amide bonds. The molecule has 128 valence electrons. The molecule has 6 heteroatoms. The lowest BCUT2D eigenvalue weighted by atomic mass is 10.0. The number of carbonyl (C=O) groups is 2. The fraction of sp³-hybridized carbons (Fsp3) is 0.706. The van der Waals surface area contributed by atoms with E-state index in [1.165, 1.54) is 0 Å². The molecule has 2 rings (SSSR count). The maximum absolute atomic E-state index is 12.4. The largest absolute Gasteiger partial charge is 0.337 e. The van der Waals surface area contributed by atoms with Gasteiger partial charge in [0, 0.05) is 30.3 Å². The van der Waals surface area contributed by atoms with Gasteiger partial charge in [0.1, 0.15) is 0 Å². The second-order valence-corrected chi connectivity index (χ2v) is 7.46. The number of anilines is 1. The summed E-state index contributed by atoms with van der Waals surface area (Å²) in [7, 11) is 0. The molecular weight excluding hydrogens is 292 g/mol. The lowest BCUT2D eigenvalue weighted by molar-refractivity contribution is -0.131. The summed E-state index contributed by atoms with van der Waals surface area (Å²) < 4.78 is 0. The smallest absolute Gasteiger partial charge is 0.230 e. The Balaban J connectivity index is 1.97. The quantitative estimate of drug-likeness (QED) is 0.875. The van der Waals surface area contributed by atoms with E-state index < -0.39 is 0 Å². The first kappa shape index (κ1) is 17.5. The van der Waals surface area contributed by atoms with Gasteiger partial charge in [0.2, 0.25) is 11.8 Å². The number of hydrogen-bond donors (Lipinski definition) is 2. The molecule has 1 fully saturated rings. The molecule has 23 heavy (non-hydrogen) atoms. The van der Waals surface area contributed by atoms with Gasteiger partial charge in [-0.25, -0.2) is 0 Å². The van der Waals surface area contributed by atoms with Gasteiger partial charge in [-0.2, -0.15) is 5.10 Å². The van der Waals surface area contributed by atoms with Gasteiger partial charge in [-0.3, -0.25) is 14.7 Å². The van der Waals surface area contributed by atoms with Gasteiger partial charge >= 0.3 is 0 Å². The number of amides is 2. The van der Waals surface area contributed by atoms with Gasteiger partial charge < -0.3 is 10.2 Å². The Morgan fingerprint density at radius 2 is 2.22 bits per heavy atom. The van der Waals surface area contributed by atoms with Crippen LogP contribution >= 0.6 is 0 Å². The molecular formula is C17H28N4O2. The molecule has 0 bridgehead atoms. The number of aromatic amines is 1. The summed E-state index contributed by atoms with van der Waals surface area (Å²) in [5, 5.41) is 9.98. The Morgan fingerprint density at radius 3 is 2.78 bits per heavy atom. The second kappa shape index (κ2) is 6.72. The first-order valence-electron chi connectivity index (χ1n) is 8.39. The number of rotatable bonds is 5. The monoisotopic (exact) mass is 320 g/mol. The highest BCUT2D eigenvalue weighted by atomic mass is 16.2. The van der Waals surface area contributed by atoms with Crippen LogP contribution in [0.25, 0.3) is 0 Å². The van der Waals surface area contributed by atoms with Crippen molar-refractivity contribution in [2.75, 3.05) is 11.9 Å². The summed E-state index contributed by atoms with van der Waals surface area (Å²) in [4.78, 5) is 26.2. The fourth-order valence-corrected chi connectivity index (χ4v) is 3.00. The van der Waals surface area contributed by atoms with Gasteiger partial charge in [-0.15, -0.1) is 0 Å². The molecule has 1 aromatic rings. The van der Waals surface area contributed by atoms with Crippen molar-refractivity contribution in [2.45, 2.75) is 65.3 Å². The first-order chi connectivity index (χ1) is 10.7. The Hall–Kier alpha value is -1.85. The highest BCUT2D eigenvalue weighted by Gasteiger charge is 2.39. The van der Waals surface area contributed by atoms with Crippen LogP contribution in [-0.4, -0.2) is 39.0 Å². The Bertz CT molecular complexity index is 573. The zero-order valence-corrected chi connectivity index (χ0v) is 14.8. The third-order valence-electron chi connectivity index (χ3n) is 4.41. The molecule has 1 aliphatic heterocycles. The second-order valence-electron chi connectivity index (χ2n) is 7.46. The van der Waals surface area contributed by atoms with E-state index in [9.17, 15) is 9.59 Å². The average molecular weight is 320 g/mol. The summed E-state index contributed by atoms with van der Waals surface area (Å²) in [5.41, 5.74) is 0.780. The average Bonchev–Trinajstić information content (AvgIpc) is 3.05. The molecule has 0 spiro atoms. The topological polar surface area (TPSA) is 78.1 Å². The molecule has 6 nitrogen and oxygen atoms in total. The van der Waals surface area contributed by atoms with Crippen LogP contribution in [0.15, 0.2) is 6.07 Å². The molecule has 2 N–H and O–H groups in total. The molecule has 2 unspecified atom stereocenters. The predicted octanol–water partition coefficient (Wildman–Crippen LogP) is 2.90. The maximum Gasteiger partial charge on any atom is 0.230 e. The van der Waals surface area contributed by atoms with E-state index in [0.29, 0.717) is 18.3 Å². The van der Waals surface area contributed by atoms with Crippen molar-refractivity contribution in [1.82, 2.24) is 15.1 Å². The summed E-state index contributed by atoms with van der Waals surface area (Å²) in [6.45, 7) is 10.7. The van der Waals surface area contributed by atoms with Crippen molar-refractivity contribution < 1.29 is 9.59 Å². The van der Waals surface area contributed by atoms with Crippen LogP contribution < -0.4 is 5.32 Å². The SMILES string of the molecule is CCCC(C)c1cc(NC(=O)C2CC(=O)N(C(C)(C)C)C2)n[nH]1. The Morgan fingerprint density at radius 1 is 1.52 bits per heavy atom. The molecule has 1 saturated heterocycles. The van der Waals surface area contributed by atoms with Crippen LogP contribution in [0.1, 0.15) is 65.5 Å². The number of aromatic nitrogens is 2. The minimum Gasteiger partial charge on any atom is -0.337 e. The van der Waals surface area contributed by atoms with E-state index in [1.54, 1.807) is 4.90 Å². The minimum absolute atomic E-state index is 0.0388. The van der Waals surface area contributed by atoms with Crippen LogP contribution in [0, 0.1) is 5.92 Å². The maximum atomic E-state index is 12.4. The molecule has 1 aromatic heterocycles. The highest BCUT2D eigenvalue weighted by Crippen LogP contribution is 2.27. The number of H-pyrrole nitrogens is 1. The van der Waals surface area contributed by atoms with Gasteiger partial charge in [-0.1, -0.05) is 20.3 Å². The van der Waals surface area contributed by atoms with Crippen LogP contribution in [0.3, 0.4) is 0 Å². The standard InChI is InChI=1S/C17H28N4O2/c1-6-7-11(2)13-9-14(20-19-13)18-16(23)12-8-15(22)21(10-12)17(3,4)5/h9,11-12H,6-8,10H2,1-5H3,(H2,18,19,20,23). The number of likely N-dealkylation sites (tertiary alicyclic amines) is 1. The molecule has 2 atom stereocenters. The number of carbonyl (C=O) groups excluding carboxylic acids is 2. The lowest BCUT2D eigenvalue weighted by Gasteiger charge is -2.31. The van der Waals surface area contributed by atoms with Crippen molar-refractivity contribution in [3.63, 3.8) is 0 Å². The van der Waals surface area contributed by atoms with Crippen LogP contribution in [-0.2, 0) is 9.59 Å². The van der Waals surface area contributed by atoms with Gasteiger partial charge in [-0.05, 0) is 33.1 Å². The predicted molar refractivity (Wildman–Crippen MR) is 90.1 cm³/mol. The van der Waals surface area contributed by atoms with Gasteiger partial charge in [0.15, 0.2) is 5.82 Å². The zero-order valence-electron chi connectivity index (χ0n) is 14.8. The summed E-state index contributed by atoms with van der Waals surface area (Å²) >= 11 is 0. The van der Waals surface area contributed by atoms with Crippen molar-refractivity contribution in [2.24, 2.45) is 5.92 Å². The normalized spacial score (nSPS) is 20.0.